The SMILES string of the molecule is O=C(NOC/C=C/c1ccccc1)c1ccccc1. The number of rotatable bonds is 5. The van der Waals surface area contributed by atoms with Crippen molar-refractivity contribution in [2.75, 3.05) is 6.61 Å². The van der Waals surface area contributed by atoms with Gasteiger partial charge in [0.05, 0.1) is 6.61 Å². The highest BCUT2D eigenvalue weighted by atomic mass is 16.6. The molecule has 0 saturated heterocycles. The Morgan fingerprint density at radius 2 is 1.63 bits per heavy atom. The molecule has 0 aliphatic heterocycles. The predicted octanol–water partition coefficient (Wildman–Crippen LogP) is 3.06. The Morgan fingerprint density at radius 1 is 1.00 bits per heavy atom. The highest BCUT2D eigenvalue weighted by Crippen LogP contribution is 2.00. The molecule has 0 aromatic heterocycles. The molecule has 3 heteroatoms. The Kier molecular flexibility index (Phi) is 4.90. The Morgan fingerprint density at radius 3 is 2.32 bits per heavy atom. The average molecular weight is 253 g/mol. The third-order valence-corrected chi connectivity index (χ3v) is 2.49. The Hall–Kier alpha value is -2.39. The van der Waals surface area contributed by atoms with Gasteiger partial charge in [-0.2, -0.15) is 0 Å². The molecule has 0 aliphatic carbocycles. The Labute approximate surface area is 112 Å². The molecule has 0 saturated carbocycles. The lowest BCUT2D eigenvalue weighted by Gasteiger charge is -2.03. The van der Waals surface area contributed by atoms with Gasteiger partial charge in [-0.25, -0.2) is 5.48 Å². The summed E-state index contributed by atoms with van der Waals surface area (Å²) in [7, 11) is 0. The molecule has 0 heterocycles. The van der Waals surface area contributed by atoms with Crippen LogP contribution in [0.2, 0.25) is 0 Å². The maximum absolute atomic E-state index is 11.6. The minimum Gasteiger partial charge on any atom is -0.269 e. The van der Waals surface area contributed by atoms with Crippen LogP contribution in [0.25, 0.3) is 6.08 Å². The molecule has 1 N–H and O–H groups in total. The zero-order valence-electron chi connectivity index (χ0n) is 10.5. The number of benzene rings is 2. The normalized spacial score (nSPS) is 10.5. The van der Waals surface area contributed by atoms with Crippen LogP contribution >= 0.6 is 0 Å². The molecule has 0 spiro atoms. The van der Waals surface area contributed by atoms with E-state index in [0.29, 0.717) is 12.2 Å². The summed E-state index contributed by atoms with van der Waals surface area (Å²) in [6.45, 7) is 0.327. The first-order valence-corrected chi connectivity index (χ1v) is 6.05. The topological polar surface area (TPSA) is 38.3 Å². The zero-order valence-corrected chi connectivity index (χ0v) is 10.5. The van der Waals surface area contributed by atoms with Gasteiger partial charge in [0.2, 0.25) is 0 Å². The number of nitrogens with one attached hydrogen (secondary N) is 1. The Balaban J connectivity index is 1.73. The summed E-state index contributed by atoms with van der Waals surface area (Å²) in [4.78, 5) is 16.7. The lowest BCUT2D eigenvalue weighted by atomic mass is 10.2. The third-order valence-electron chi connectivity index (χ3n) is 2.49. The maximum atomic E-state index is 11.6. The molecule has 96 valence electrons. The molecule has 0 atom stereocenters. The highest BCUT2D eigenvalue weighted by molar-refractivity contribution is 5.93. The van der Waals surface area contributed by atoms with Crippen LogP contribution in [0.4, 0.5) is 0 Å². The van der Waals surface area contributed by atoms with Gasteiger partial charge >= 0.3 is 0 Å². The van der Waals surface area contributed by atoms with Crippen molar-refractivity contribution in [1.29, 1.82) is 0 Å². The summed E-state index contributed by atoms with van der Waals surface area (Å²) in [5.74, 6) is -0.242. The monoisotopic (exact) mass is 253 g/mol. The molecule has 0 fully saturated rings. The first-order chi connectivity index (χ1) is 9.36. The number of amides is 1. The van der Waals surface area contributed by atoms with Crippen LogP contribution in [0.3, 0.4) is 0 Å². The van der Waals surface area contributed by atoms with Gasteiger partial charge in [-0.05, 0) is 17.7 Å². The first kappa shape index (κ1) is 13.1. The molecule has 0 bridgehead atoms. The van der Waals surface area contributed by atoms with E-state index in [4.69, 9.17) is 4.84 Å². The second-order valence-electron chi connectivity index (χ2n) is 3.92. The van der Waals surface area contributed by atoms with Gasteiger partial charge in [0.1, 0.15) is 0 Å². The zero-order chi connectivity index (χ0) is 13.3. The van der Waals surface area contributed by atoms with Gasteiger partial charge < -0.3 is 0 Å². The smallest absolute Gasteiger partial charge is 0.269 e. The van der Waals surface area contributed by atoms with E-state index < -0.39 is 0 Å². The molecular weight excluding hydrogens is 238 g/mol. The van der Waals surface area contributed by atoms with E-state index in [0.717, 1.165) is 5.56 Å². The summed E-state index contributed by atoms with van der Waals surface area (Å²) in [6, 6.07) is 18.9. The van der Waals surface area contributed by atoms with Crippen molar-refractivity contribution in [3.05, 3.63) is 77.9 Å². The number of hydroxylamine groups is 1. The van der Waals surface area contributed by atoms with Gasteiger partial charge in [0, 0.05) is 5.56 Å². The molecule has 0 aliphatic rings. The van der Waals surface area contributed by atoms with Crippen molar-refractivity contribution in [2.45, 2.75) is 0 Å². The lowest BCUT2D eigenvalue weighted by molar-refractivity contribution is 0.0422. The number of hydrogen-bond acceptors (Lipinski definition) is 2. The fraction of sp³-hybridized carbons (Fsp3) is 0.0625. The molecule has 3 nitrogen and oxygen atoms in total. The van der Waals surface area contributed by atoms with Crippen LogP contribution < -0.4 is 5.48 Å². The van der Waals surface area contributed by atoms with Crippen molar-refractivity contribution >= 4 is 12.0 Å². The molecule has 2 rings (SSSR count). The van der Waals surface area contributed by atoms with Crippen molar-refractivity contribution < 1.29 is 9.63 Å². The highest BCUT2D eigenvalue weighted by Gasteiger charge is 2.02. The predicted molar refractivity (Wildman–Crippen MR) is 75.3 cm³/mol. The second-order valence-corrected chi connectivity index (χ2v) is 3.92. The van der Waals surface area contributed by atoms with Gasteiger partial charge in [-0.15, -0.1) is 0 Å². The van der Waals surface area contributed by atoms with Crippen LogP contribution in [0, 0.1) is 0 Å². The summed E-state index contributed by atoms with van der Waals surface area (Å²) in [6.07, 6.45) is 3.79. The largest absolute Gasteiger partial charge is 0.274 e. The van der Waals surface area contributed by atoms with E-state index >= 15 is 0 Å². The van der Waals surface area contributed by atoms with Crippen LogP contribution in [-0.4, -0.2) is 12.5 Å². The molecule has 0 radical (unpaired) electrons. The van der Waals surface area contributed by atoms with E-state index in [2.05, 4.69) is 5.48 Å². The second kappa shape index (κ2) is 7.13. The minimum atomic E-state index is -0.242. The van der Waals surface area contributed by atoms with Gasteiger partial charge in [-0.1, -0.05) is 60.7 Å². The number of carbonyl (C=O) groups is 1. The standard InChI is InChI=1S/C16H15NO2/c18-16(15-11-5-2-6-12-15)17-19-13-7-10-14-8-3-1-4-9-14/h1-12H,13H2,(H,17,18)/b10-7+. The van der Waals surface area contributed by atoms with Crippen LogP contribution in [-0.2, 0) is 4.84 Å². The maximum Gasteiger partial charge on any atom is 0.274 e. The van der Waals surface area contributed by atoms with E-state index in [1.165, 1.54) is 0 Å². The van der Waals surface area contributed by atoms with Crippen molar-refractivity contribution in [3.63, 3.8) is 0 Å². The van der Waals surface area contributed by atoms with E-state index in [9.17, 15) is 4.79 Å². The van der Waals surface area contributed by atoms with Gasteiger partial charge in [0.15, 0.2) is 0 Å². The third kappa shape index (κ3) is 4.41. The van der Waals surface area contributed by atoms with Crippen LogP contribution in [0.1, 0.15) is 15.9 Å². The fourth-order valence-electron chi connectivity index (χ4n) is 1.55. The molecular formula is C16H15NO2. The summed E-state index contributed by atoms with van der Waals surface area (Å²) in [5.41, 5.74) is 4.07. The van der Waals surface area contributed by atoms with Crippen LogP contribution in [0.15, 0.2) is 66.7 Å². The number of hydrogen-bond donors (Lipinski definition) is 1. The quantitative estimate of drug-likeness (QED) is 0.657. The van der Waals surface area contributed by atoms with Crippen molar-refractivity contribution in [1.82, 2.24) is 5.48 Å². The fourth-order valence-corrected chi connectivity index (χ4v) is 1.55. The summed E-state index contributed by atoms with van der Waals surface area (Å²) < 4.78 is 0. The molecule has 2 aromatic carbocycles. The Bertz CT molecular complexity index is 535. The van der Waals surface area contributed by atoms with Gasteiger partial charge in [-0.3, -0.25) is 9.63 Å². The van der Waals surface area contributed by atoms with Crippen LogP contribution in [0.5, 0.6) is 0 Å². The van der Waals surface area contributed by atoms with Crippen molar-refractivity contribution in [2.24, 2.45) is 0 Å². The van der Waals surface area contributed by atoms with E-state index in [1.807, 2.05) is 60.7 Å². The molecule has 19 heavy (non-hydrogen) atoms. The number of carbonyl (C=O) groups excluding carboxylic acids is 1. The van der Waals surface area contributed by atoms with Gasteiger partial charge in [0.25, 0.3) is 5.91 Å². The summed E-state index contributed by atoms with van der Waals surface area (Å²) >= 11 is 0. The van der Waals surface area contributed by atoms with E-state index in [-0.39, 0.29) is 5.91 Å². The molecule has 2 aromatic rings. The summed E-state index contributed by atoms with van der Waals surface area (Å²) in [5, 5.41) is 0. The molecule has 0 unspecified atom stereocenters. The van der Waals surface area contributed by atoms with E-state index in [1.54, 1.807) is 12.1 Å². The lowest BCUT2D eigenvalue weighted by Crippen LogP contribution is -2.23. The average Bonchev–Trinajstić information content (AvgIpc) is 2.49. The molecule has 1 amide bonds. The first-order valence-electron chi connectivity index (χ1n) is 6.05. The minimum absolute atomic E-state index is 0.242. The van der Waals surface area contributed by atoms with Crippen molar-refractivity contribution in [3.8, 4) is 0 Å².